The monoisotopic (exact) mass is 180 g/mol. The molecular weight excluding hydrogens is 168 g/mol. The molecule has 1 aliphatic rings. The average molecular weight is 180 g/mol. The topological polar surface area (TPSA) is 58.2 Å². The minimum absolute atomic E-state index is 0.194. The quantitative estimate of drug-likeness (QED) is 0.346. The molecule has 70 valence electrons. The fourth-order valence-corrected chi connectivity index (χ4v) is 1.21. The summed E-state index contributed by atoms with van der Waals surface area (Å²) in [5, 5.41) is 5.25. The van der Waals surface area contributed by atoms with Gasteiger partial charge >= 0.3 is 0 Å². The largest absolute Gasteiger partial charge is 0.305 e. The molecule has 1 unspecified atom stereocenters. The lowest BCUT2D eigenvalue weighted by molar-refractivity contribution is -0.134. The standard InChI is InChI=1S/C9H12N2O2/c1-2-3-6-10-7-4-5-8(12)11-9(7)13/h1,7,10H,3-6H2,(H,11,12,13). The third-order valence-electron chi connectivity index (χ3n) is 1.90. The third-order valence-corrected chi connectivity index (χ3v) is 1.90. The molecule has 4 nitrogen and oxygen atoms in total. The van der Waals surface area contributed by atoms with Crippen molar-refractivity contribution in [2.45, 2.75) is 25.3 Å². The first-order valence-electron chi connectivity index (χ1n) is 4.24. The van der Waals surface area contributed by atoms with Gasteiger partial charge in [0.25, 0.3) is 0 Å². The number of rotatable bonds is 3. The number of hydrogen-bond acceptors (Lipinski definition) is 3. The molecule has 4 heteroatoms. The van der Waals surface area contributed by atoms with E-state index in [2.05, 4.69) is 16.6 Å². The summed E-state index contributed by atoms with van der Waals surface area (Å²) in [6, 6.07) is -0.258. The molecule has 2 N–H and O–H groups in total. The van der Waals surface area contributed by atoms with E-state index in [0.29, 0.717) is 25.8 Å². The normalized spacial score (nSPS) is 22.2. The summed E-state index contributed by atoms with van der Waals surface area (Å²) in [7, 11) is 0. The Bertz CT molecular complexity index is 255. The Kier molecular flexibility index (Phi) is 3.47. The molecule has 1 rings (SSSR count). The summed E-state index contributed by atoms with van der Waals surface area (Å²) < 4.78 is 0. The minimum Gasteiger partial charge on any atom is -0.305 e. The fourth-order valence-electron chi connectivity index (χ4n) is 1.21. The van der Waals surface area contributed by atoms with Gasteiger partial charge in [-0.15, -0.1) is 12.3 Å². The van der Waals surface area contributed by atoms with Crippen LogP contribution in [0.5, 0.6) is 0 Å². The number of terminal acetylenes is 1. The van der Waals surface area contributed by atoms with Crippen LogP contribution in [0.25, 0.3) is 0 Å². The molecule has 0 spiro atoms. The van der Waals surface area contributed by atoms with Gasteiger partial charge in [-0.3, -0.25) is 14.9 Å². The van der Waals surface area contributed by atoms with E-state index in [0.717, 1.165) is 0 Å². The maximum atomic E-state index is 11.2. The molecule has 1 heterocycles. The molecule has 1 aliphatic heterocycles. The van der Waals surface area contributed by atoms with Gasteiger partial charge < -0.3 is 5.32 Å². The maximum absolute atomic E-state index is 11.2. The molecule has 0 aromatic heterocycles. The molecule has 1 atom stereocenters. The van der Waals surface area contributed by atoms with Crippen LogP contribution in [0, 0.1) is 12.3 Å². The van der Waals surface area contributed by atoms with E-state index in [1.807, 2.05) is 0 Å². The highest BCUT2D eigenvalue weighted by molar-refractivity contribution is 6.00. The molecule has 0 aromatic carbocycles. The predicted molar refractivity (Wildman–Crippen MR) is 47.6 cm³/mol. The second-order valence-electron chi connectivity index (χ2n) is 2.91. The smallest absolute Gasteiger partial charge is 0.243 e. The summed E-state index contributed by atoms with van der Waals surface area (Å²) in [6.45, 7) is 0.614. The molecule has 0 aromatic rings. The van der Waals surface area contributed by atoms with Gasteiger partial charge in [-0.1, -0.05) is 0 Å². The lowest BCUT2D eigenvalue weighted by atomic mass is 10.1. The average Bonchev–Trinajstić information content (AvgIpc) is 2.09. The Morgan fingerprint density at radius 1 is 1.62 bits per heavy atom. The Morgan fingerprint density at radius 2 is 2.38 bits per heavy atom. The lowest BCUT2D eigenvalue weighted by Crippen LogP contribution is -2.50. The van der Waals surface area contributed by atoms with Crippen LogP contribution in [0.15, 0.2) is 0 Å². The Hall–Kier alpha value is -1.34. The van der Waals surface area contributed by atoms with Crippen LogP contribution in [-0.2, 0) is 9.59 Å². The van der Waals surface area contributed by atoms with Gasteiger partial charge in [0.15, 0.2) is 0 Å². The van der Waals surface area contributed by atoms with Gasteiger partial charge in [-0.25, -0.2) is 0 Å². The van der Waals surface area contributed by atoms with Crippen LogP contribution in [0.2, 0.25) is 0 Å². The first kappa shape index (κ1) is 9.75. The van der Waals surface area contributed by atoms with Crippen LogP contribution in [0.3, 0.4) is 0 Å². The van der Waals surface area contributed by atoms with Gasteiger partial charge in [-0.2, -0.15) is 0 Å². The van der Waals surface area contributed by atoms with E-state index >= 15 is 0 Å². The highest BCUT2D eigenvalue weighted by Gasteiger charge is 2.25. The first-order chi connectivity index (χ1) is 6.24. The highest BCUT2D eigenvalue weighted by atomic mass is 16.2. The Labute approximate surface area is 77.1 Å². The molecule has 1 saturated heterocycles. The highest BCUT2D eigenvalue weighted by Crippen LogP contribution is 2.03. The zero-order valence-corrected chi connectivity index (χ0v) is 7.30. The van der Waals surface area contributed by atoms with Gasteiger partial charge in [0, 0.05) is 19.4 Å². The molecule has 0 saturated carbocycles. The van der Waals surface area contributed by atoms with E-state index in [1.54, 1.807) is 0 Å². The fraction of sp³-hybridized carbons (Fsp3) is 0.556. The van der Waals surface area contributed by atoms with E-state index in [9.17, 15) is 9.59 Å². The van der Waals surface area contributed by atoms with E-state index in [1.165, 1.54) is 0 Å². The lowest BCUT2D eigenvalue weighted by Gasteiger charge is -2.21. The van der Waals surface area contributed by atoms with Gasteiger partial charge in [0.1, 0.15) is 0 Å². The van der Waals surface area contributed by atoms with E-state index < -0.39 is 0 Å². The SMILES string of the molecule is C#CCCNC1CCC(=O)NC1=O. The van der Waals surface area contributed by atoms with Crippen LogP contribution in [-0.4, -0.2) is 24.4 Å². The maximum Gasteiger partial charge on any atom is 0.243 e. The molecule has 13 heavy (non-hydrogen) atoms. The van der Waals surface area contributed by atoms with E-state index in [-0.39, 0.29) is 17.9 Å². The molecule has 0 bridgehead atoms. The van der Waals surface area contributed by atoms with Crippen molar-refractivity contribution in [1.29, 1.82) is 0 Å². The zero-order chi connectivity index (χ0) is 9.68. The molecule has 0 aliphatic carbocycles. The van der Waals surface area contributed by atoms with Crippen LogP contribution < -0.4 is 10.6 Å². The second kappa shape index (κ2) is 4.63. The summed E-state index contributed by atoms with van der Waals surface area (Å²) in [6.07, 6.45) is 6.62. The van der Waals surface area contributed by atoms with Crippen LogP contribution >= 0.6 is 0 Å². The number of amides is 2. The van der Waals surface area contributed by atoms with Crippen molar-refractivity contribution >= 4 is 11.8 Å². The van der Waals surface area contributed by atoms with Crippen LogP contribution in [0.4, 0.5) is 0 Å². The van der Waals surface area contributed by atoms with Crippen molar-refractivity contribution in [1.82, 2.24) is 10.6 Å². The number of hydrogen-bond donors (Lipinski definition) is 2. The Balaban J connectivity index is 2.31. The number of imide groups is 1. The van der Waals surface area contributed by atoms with E-state index in [4.69, 9.17) is 6.42 Å². The van der Waals surface area contributed by atoms with Crippen LogP contribution in [0.1, 0.15) is 19.3 Å². The second-order valence-corrected chi connectivity index (χ2v) is 2.91. The minimum atomic E-state index is -0.258. The molecule has 0 radical (unpaired) electrons. The van der Waals surface area contributed by atoms with Gasteiger partial charge in [-0.05, 0) is 6.42 Å². The number of piperidine rings is 1. The predicted octanol–water partition coefficient (Wildman–Crippen LogP) is -0.596. The Morgan fingerprint density at radius 3 is 3.00 bits per heavy atom. The third kappa shape index (κ3) is 2.88. The molecule has 2 amide bonds. The van der Waals surface area contributed by atoms with Crippen molar-refractivity contribution in [3.8, 4) is 12.3 Å². The summed E-state index contributed by atoms with van der Waals surface area (Å²) in [5.74, 6) is 2.03. The van der Waals surface area contributed by atoms with Crippen molar-refractivity contribution < 1.29 is 9.59 Å². The molecule has 1 fully saturated rings. The summed E-state index contributed by atoms with van der Waals surface area (Å²) >= 11 is 0. The van der Waals surface area contributed by atoms with Gasteiger partial charge in [0.05, 0.1) is 6.04 Å². The molecular formula is C9H12N2O2. The van der Waals surface area contributed by atoms with Crippen molar-refractivity contribution in [2.24, 2.45) is 0 Å². The number of carbonyl (C=O) groups excluding carboxylic acids is 2. The summed E-state index contributed by atoms with van der Waals surface area (Å²) in [5.41, 5.74) is 0. The van der Waals surface area contributed by atoms with Gasteiger partial charge in [0.2, 0.25) is 11.8 Å². The van der Waals surface area contributed by atoms with Crippen molar-refractivity contribution in [2.75, 3.05) is 6.54 Å². The number of carbonyl (C=O) groups is 2. The van der Waals surface area contributed by atoms with Crippen molar-refractivity contribution in [3.05, 3.63) is 0 Å². The zero-order valence-electron chi connectivity index (χ0n) is 7.30. The van der Waals surface area contributed by atoms with Crippen molar-refractivity contribution in [3.63, 3.8) is 0 Å². The number of nitrogens with one attached hydrogen (secondary N) is 2. The first-order valence-corrected chi connectivity index (χ1v) is 4.24. The summed E-state index contributed by atoms with van der Waals surface area (Å²) in [4.78, 5) is 21.9.